The van der Waals surface area contributed by atoms with Gasteiger partial charge in [-0.2, -0.15) is 0 Å². The fraction of sp³-hybridized carbons (Fsp3) is 0.286. The van der Waals surface area contributed by atoms with E-state index in [0.29, 0.717) is 0 Å². The van der Waals surface area contributed by atoms with E-state index in [2.05, 4.69) is 46.8 Å². The van der Waals surface area contributed by atoms with Crippen LogP contribution in [0.5, 0.6) is 0 Å². The lowest BCUT2D eigenvalue weighted by Crippen LogP contribution is -2.46. The Morgan fingerprint density at radius 1 is 0.964 bits per heavy atom. The minimum Gasteiger partial charge on any atom is -0.368 e. The van der Waals surface area contributed by atoms with Crippen molar-refractivity contribution in [1.29, 1.82) is 0 Å². The summed E-state index contributed by atoms with van der Waals surface area (Å²) in [4.78, 5) is 14.7. The quantitative estimate of drug-likeness (QED) is 0.533. The van der Waals surface area contributed by atoms with Gasteiger partial charge in [0.05, 0.1) is 11.9 Å². The largest absolute Gasteiger partial charge is 0.368 e. The van der Waals surface area contributed by atoms with E-state index in [1.54, 1.807) is 17.5 Å². The molecule has 7 heteroatoms. The number of anilines is 2. The van der Waals surface area contributed by atoms with E-state index in [0.717, 1.165) is 47.5 Å². The highest BCUT2D eigenvalue weighted by molar-refractivity contribution is 7.20. The third-order valence-corrected chi connectivity index (χ3v) is 6.44. The molecule has 0 atom stereocenters. The van der Waals surface area contributed by atoms with Gasteiger partial charge in [-0.1, -0.05) is 23.5 Å². The van der Waals surface area contributed by atoms with Crippen LogP contribution in [0.4, 0.5) is 10.8 Å². The van der Waals surface area contributed by atoms with Crippen LogP contribution >= 0.6 is 11.3 Å². The smallest absolute Gasteiger partial charge is 0.214 e. The number of pyridine rings is 1. The number of benzene rings is 1. The SMILES string of the molecule is Cc1cccc(N2CCN(c3nn4cc(-c5cccnc5)nc4s3)CC2)c1C. The van der Waals surface area contributed by atoms with Crippen molar-refractivity contribution in [1.82, 2.24) is 19.6 Å². The molecular weight excluding hydrogens is 368 g/mol. The average molecular weight is 391 g/mol. The van der Waals surface area contributed by atoms with Gasteiger partial charge in [0.15, 0.2) is 0 Å². The van der Waals surface area contributed by atoms with Crippen molar-refractivity contribution < 1.29 is 0 Å². The maximum atomic E-state index is 4.77. The Kier molecular flexibility index (Phi) is 4.24. The predicted octanol–water partition coefficient (Wildman–Crippen LogP) is 3.80. The van der Waals surface area contributed by atoms with Crippen molar-refractivity contribution >= 4 is 27.1 Å². The maximum absolute atomic E-state index is 4.77. The molecule has 6 nitrogen and oxygen atoms in total. The Hall–Kier alpha value is -2.93. The molecule has 0 amide bonds. The second-order valence-electron chi connectivity index (χ2n) is 7.17. The van der Waals surface area contributed by atoms with Crippen LogP contribution < -0.4 is 9.80 Å². The number of rotatable bonds is 3. The summed E-state index contributed by atoms with van der Waals surface area (Å²) in [5.74, 6) is 0. The molecule has 1 fully saturated rings. The Labute approximate surface area is 168 Å². The van der Waals surface area contributed by atoms with Crippen molar-refractivity contribution in [3.8, 4) is 11.3 Å². The third kappa shape index (κ3) is 3.01. The number of hydrogen-bond acceptors (Lipinski definition) is 6. The molecule has 4 aromatic rings. The molecule has 3 aromatic heterocycles. The van der Waals surface area contributed by atoms with Gasteiger partial charge in [0.1, 0.15) is 0 Å². The molecule has 0 N–H and O–H groups in total. The topological polar surface area (TPSA) is 49.6 Å². The molecule has 1 aliphatic heterocycles. The van der Waals surface area contributed by atoms with Gasteiger partial charge >= 0.3 is 0 Å². The van der Waals surface area contributed by atoms with Crippen molar-refractivity contribution in [3.63, 3.8) is 0 Å². The molecule has 0 spiro atoms. The summed E-state index contributed by atoms with van der Waals surface area (Å²) in [6.45, 7) is 8.35. The lowest BCUT2D eigenvalue weighted by Gasteiger charge is -2.36. The molecule has 0 bridgehead atoms. The van der Waals surface area contributed by atoms with Gasteiger partial charge in [0, 0.05) is 49.8 Å². The zero-order valence-electron chi connectivity index (χ0n) is 16.0. The van der Waals surface area contributed by atoms with Crippen LogP contribution in [-0.4, -0.2) is 45.8 Å². The van der Waals surface area contributed by atoms with Crippen LogP contribution in [0.15, 0.2) is 48.9 Å². The lowest BCUT2D eigenvalue weighted by molar-refractivity contribution is 0.647. The molecule has 1 aromatic carbocycles. The van der Waals surface area contributed by atoms with Gasteiger partial charge in [0.2, 0.25) is 10.1 Å². The highest BCUT2D eigenvalue weighted by Gasteiger charge is 2.22. The molecule has 5 rings (SSSR count). The molecule has 0 saturated carbocycles. The second-order valence-corrected chi connectivity index (χ2v) is 8.11. The summed E-state index contributed by atoms with van der Waals surface area (Å²) >= 11 is 1.65. The summed E-state index contributed by atoms with van der Waals surface area (Å²) in [7, 11) is 0. The molecule has 0 unspecified atom stereocenters. The molecular formula is C21H22N6S. The maximum Gasteiger partial charge on any atom is 0.214 e. The number of imidazole rings is 1. The fourth-order valence-electron chi connectivity index (χ4n) is 3.69. The minimum atomic E-state index is 0.915. The van der Waals surface area contributed by atoms with Gasteiger partial charge in [0.25, 0.3) is 0 Å². The number of nitrogens with zero attached hydrogens (tertiary/aromatic N) is 6. The first kappa shape index (κ1) is 17.2. The number of hydrogen-bond donors (Lipinski definition) is 0. The molecule has 1 aliphatic rings. The van der Waals surface area contributed by atoms with Gasteiger partial charge in [-0.25, -0.2) is 9.50 Å². The van der Waals surface area contributed by atoms with Crippen LogP contribution in [0.1, 0.15) is 11.1 Å². The molecule has 28 heavy (non-hydrogen) atoms. The normalized spacial score (nSPS) is 14.8. The number of aryl methyl sites for hydroxylation is 1. The Bertz CT molecular complexity index is 1080. The molecule has 0 radical (unpaired) electrons. The number of fused-ring (bicyclic) bond motifs is 1. The lowest BCUT2D eigenvalue weighted by atomic mass is 10.1. The van der Waals surface area contributed by atoms with E-state index in [1.807, 2.05) is 29.0 Å². The average Bonchev–Trinajstić information content (AvgIpc) is 3.30. The Morgan fingerprint density at radius 3 is 2.54 bits per heavy atom. The Morgan fingerprint density at radius 2 is 1.79 bits per heavy atom. The van der Waals surface area contributed by atoms with E-state index >= 15 is 0 Å². The standard InChI is InChI=1S/C21H22N6S/c1-15-5-3-7-19(16(15)2)25-9-11-26(12-10-25)21-24-27-14-18(23-20(27)28-21)17-6-4-8-22-13-17/h3-8,13-14H,9-12H2,1-2H3. The van der Waals surface area contributed by atoms with Crippen molar-refractivity contribution in [2.75, 3.05) is 36.0 Å². The summed E-state index contributed by atoms with van der Waals surface area (Å²) in [6.07, 6.45) is 5.59. The van der Waals surface area contributed by atoms with Crippen LogP contribution in [0.25, 0.3) is 16.2 Å². The first-order valence-corrected chi connectivity index (χ1v) is 10.3. The predicted molar refractivity (Wildman–Crippen MR) is 114 cm³/mol. The zero-order chi connectivity index (χ0) is 19.1. The first-order chi connectivity index (χ1) is 13.7. The third-order valence-electron chi connectivity index (χ3n) is 5.46. The summed E-state index contributed by atoms with van der Waals surface area (Å²) in [5.41, 5.74) is 6.02. The minimum absolute atomic E-state index is 0.915. The van der Waals surface area contributed by atoms with E-state index in [9.17, 15) is 0 Å². The van der Waals surface area contributed by atoms with E-state index in [4.69, 9.17) is 10.1 Å². The van der Waals surface area contributed by atoms with Gasteiger partial charge in [-0.05, 0) is 43.2 Å². The van der Waals surface area contributed by atoms with Gasteiger partial charge < -0.3 is 9.80 Å². The van der Waals surface area contributed by atoms with Gasteiger partial charge in [-0.15, -0.1) is 5.10 Å². The van der Waals surface area contributed by atoms with E-state index < -0.39 is 0 Å². The summed E-state index contributed by atoms with van der Waals surface area (Å²) in [6, 6.07) is 10.5. The van der Waals surface area contributed by atoms with E-state index in [1.165, 1.54) is 16.8 Å². The van der Waals surface area contributed by atoms with Crippen LogP contribution in [0, 0.1) is 13.8 Å². The molecule has 1 saturated heterocycles. The van der Waals surface area contributed by atoms with Crippen molar-refractivity contribution in [2.24, 2.45) is 0 Å². The fourth-order valence-corrected chi connectivity index (χ4v) is 4.62. The number of piperazine rings is 1. The highest BCUT2D eigenvalue weighted by Crippen LogP contribution is 2.29. The molecule has 142 valence electrons. The van der Waals surface area contributed by atoms with Crippen LogP contribution in [0.3, 0.4) is 0 Å². The summed E-state index contributed by atoms with van der Waals surface area (Å²) < 4.78 is 1.89. The van der Waals surface area contributed by atoms with Crippen molar-refractivity contribution in [2.45, 2.75) is 13.8 Å². The van der Waals surface area contributed by atoms with Crippen molar-refractivity contribution in [3.05, 3.63) is 60.0 Å². The zero-order valence-corrected chi connectivity index (χ0v) is 16.9. The highest BCUT2D eigenvalue weighted by atomic mass is 32.1. The Balaban J connectivity index is 1.32. The number of aromatic nitrogens is 4. The molecule has 0 aliphatic carbocycles. The monoisotopic (exact) mass is 390 g/mol. The van der Waals surface area contributed by atoms with Crippen LogP contribution in [-0.2, 0) is 0 Å². The second kappa shape index (κ2) is 6.91. The van der Waals surface area contributed by atoms with E-state index in [-0.39, 0.29) is 0 Å². The van der Waals surface area contributed by atoms with Gasteiger partial charge in [-0.3, -0.25) is 4.98 Å². The summed E-state index contributed by atoms with van der Waals surface area (Å²) in [5, 5.41) is 5.81. The first-order valence-electron chi connectivity index (χ1n) is 9.52. The molecule has 4 heterocycles. The van der Waals surface area contributed by atoms with Crippen LogP contribution in [0.2, 0.25) is 0 Å².